The number of ether oxygens (including phenoxy) is 2. The lowest BCUT2D eigenvalue weighted by atomic mass is 9.91. The maximum Gasteiger partial charge on any atom is 0.184 e. The van der Waals surface area contributed by atoms with E-state index in [0.717, 1.165) is 25.6 Å². The lowest BCUT2D eigenvalue weighted by Gasteiger charge is -2.43. The summed E-state index contributed by atoms with van der Waals surface area (Å²) in [5, 5.41) is 0. The highest BCUT2D eigenvalue weighted by Gasteiger charge is 2.56. The van der Waals surface area contributed by atoms with E-state index < -0.39 is 0 Å². The van der Waals surface area contributed by atoms with Crippen molar-refractivity contribution >= 4 is 0 Å². The Kier molecular flexibility index (Phi) is 3.09. The first-order valence-electron chi connectivity index (χ1n) is 7.82. The largest absolute Gasteiger partial charge is 0.346 e. The van der Waals surface area contributed by atoms with E-state index in [9.17, 15) is 0 Å². The molecule has 0 aromatic heterocycles. The molecule has 3 saturated heterocycles. The predicted octanol–water partition coefficient (Wildman–Crippen LogP) is 2.45. The van der Waals surface area contributed by atoms with Gasteiger partial charge in [0, 0.05) is 12.5 Å². The van der Waals surface area contributed by atoms with Crippen molar-refractivity contribution in [3.8, 4) is 0 Å². The van der Waals surface area contributed by atoms with Crippen LogP contribution in [-0.4, -0.2) is 43.0 Å². The molecule has 0 N–H and O–H groups in total. The molecule has 2 bridgehead atoms. The van der Waals surface area contributed by atoms with Crippen LogP contribution >= 0.6 is 0 Å². The first-order valence-corrected chi connectivity index (χ1v) is 7.82. The summed E-state index contributed by atoms with van der Waals surface area (Å²) in [5.74, 6) is 0.441. The van der Waals surface area contributed by atoms with Crippen molar-refractivity contribution in [2.45, 2.75) is 43.6 Å². The van der Waals surface area contributed by atoms with Crippen molar-refractivity contribution in [3.05, 3.63) is 35.9 Å². The van der Waals surface area contributed by atoms with E-state index in [-0.39, 0.29) is 5.79 Å². The Morgan fingerprint density at radius 1 is 1.20 bits per heavy atom. The van der Waals surface area contributed by atoms with Crippen molar-refractivity contribution in [2.24, 2.45) is 5.92 Å². The van der Waals surface area contributed by atoms with Gasteiger partial charge >= 0.3 is 0 Å². The number of rotatable bonds is 2. The van der Waals surface area contributed by atoms with E-state index >= 15 is 0 Å². The molecule has 108 valence electrons. The number of likely N-dealkylation sites (N-methyl/N-ethyl adjacent to an activating group) is 1. The third-order valence-electron chi connectivity index (χ3n) is 5.50. The Bertz CT molecular complexity index is 469. The van der Waals surface area contributed by atoms with E-state index in [1.807, 2.05) is 0 Å². The molecule has 3 heterocycles. The van der Waals surface area contributed by atoms with Gasteiger partial charge in [0.1, 0.15) is 0 Å². The van der Waals surface area contributed by atoms with Crippen LogP contribution in [0.3, 0.4) is 0 Å². The standard InChI is InChI=1S/C17H23NO2/c1-18-15-7-8-17(19-9-10-20-17)16(18)12-14(15)11-13-5-3-2-4-6-13/h2-6,14-16H,7-12H2,1H3/t14-,15-,16-/m1/s1. The quantitative estimate of drug-likeness (QED) is 0.826. The van der Waals surface area contributed by atoms with Crippen molar-refractivity contribution < 1.29 is 9.47 Å². The van der Waals surface area contributed by atoms with E-state index in [4.69, 9.17) is 9.47 Å². The second kappa shape index (κ2) is 4.83. The lowest BCUT2D eigenvalue weighted by Crippen LogP contribution is -2.55. The number of hydrogen-bond donors (Lipinski definition) is 0. The van der Waals surface area contributed by atoms with Crippen LogP contribution in [0.2, 0.25) is 0 Å². The summed E-state index contributed by atoms with van der Waals surface area (Å²) in [6.45, 7) is 1.52. The first-order chi connectivity index (χ1) is 9.78. The molecular weight excluding hydrogens is 250 g/mol. The molecule has 1 aromatic rings. The number of nitrogens with zero attached hydrogens (tertiary/aromatic N) is 1. The van der Waals surface area contributed by atoms with Crippen LogP contribution < -0.4 is 0 Å². The number of hydrogen-bond acceptors (Lipinski definition) is 3. The summed E-state index contributed by atoms with van der Waals surface area (Å²) in [4.78, 5) is 2.53. The summed E-state index contributed by atoms with van der Waals surface area (Å²) in [6.07, 6.45) is 4.65. The minimum absolute atomic E-state index is 0.295. The van der Waals surface area contributed by atoms with Gasteiger partial charge in [0.15, 0.2) is 5.79 Å². The van der Waals surface area contributed by atoms with Crippen molar-refractivity contribution in [3.63, 3.8) is 0 Å². The van der Waals surface area contributed by atoms with E-state index in [1.165, 1.54) is 24.8 Å². The molecule has 3 fully saturated rings. The van der Waals surface area contributed by atoms with Crippen molar-refractivity contribution in [1.82, 2.24) is 4.90 Å². The second-order valence-electron chi connectivity index (χ2n) is 6.48. The predicted molar refractivity (Wildman–Crippen MR) is 77.5 cm³/mol. The van der Waals surface area contributed by atoms with Gasteiger partial charge in [-0.25, -0.2) is 0 Å². The van der Waals surface area contributed by atoms with E-state index in [2.05, 4.69) is 42.3 Å². The highest BCUT2D eigenvalue weighted by molar-refractivity contribution is 5.17. The molecule has 3 aliphatic rings. The molecule has 3 heteroatoms. The summed E-state index contributed by atoms with van der Waals surface area (Å²) >= 11 is 0. The topological polar surface area (TPSA) is 21.7 Å². The Morgan fingerprint density at radius 2 is 1.95 bits per heavy atom. The zero-order chi connectivity index (χ0) is 13.6. The van der Waals surface area contributed by atoms with Crippen LogP contribution in [-0.2, 0) is 15.9 Å². The van der Waals surface area contributed by atoms with E-state index in [1.54, 1.807) is 0 Å². The number of fused-ring (bicyclic) bond motifs is 3. The van der Waals surface area contributed by atoms with Crippen molar-refractivity contribution in [2.75, 3.05) is 20.3 Å². The molecular formula is C17H23NO2. The monoisotopic (exact) mass is 273 g/mol. The summed E-state index contributed by atoms with van der Waals surface area (Å²) < 4.78 is 12.0. The molecule has 3 nitrogen and oxygen atoms in total. The Hall–Kier alpha value is -0.900. The molecule has 0 saturated carbocycles. The van der Waals surface area contributed by atoms with Crippen LogP contribution in [0.5, 0.6) is 0 Å². The molecule has 4 rings (SSSR count). The van der Waals surface area contributed by atoms with Gasteiger partial charge in [-0.2, -0.15) is 0 Å². The Labute approximate surface area is 120 Å². The van der Waals surface area contributed by atoms with Gasteiger partial charge in [-0.3, -0.25) is 4.90 Å². The van der Waals surface area contributed by atoms with Crippen LogP contribution in [0.4, 0.5) is 0 Å². The number of piperidine rings is 1. The van der Waals surface area contributed by atoms with Gasteiger partial charge < -0.3 is 9.47 Å². The van der Waals surface area contributed by atoms with Gasteiger partial charge in [0.2, 0.25) is 0 Å². The van der Waals surface area contributed by atoms with E-state index in [0.29, 0.717) is 12.1 Å². The second-order valence-corrected chi connectivity index (χ2v) is 6.48. The zero-order valence-electron chi connectivity index (χ0n) is 12.1. The molecule has 0 aliphatic carbocycles. The average molecular weight is 273 g/mol. The lowest BCUT2D eigenvalue weighted by molar-refractivity contribution is -0.215. The molecule has 0 unspecified atom stereocenters. The molecule has 3 atom stereocenters. The smallest absolute Gasteiger partial charge is 0.184 e. The minimum atomic E-state index is -0.295. The molecule has 20 heavy (non-hydrogen) atoms. The fraction of sp³-hybridized carbons (Fsp3) is 0.647. The highest BCUT2D eigenvalue weighted by Crippen LogP contribution is 2.48. The minimum Gasteiger partial charge on any atom is -0.346 e. The van der Waals surface area contributed by atoms with Crippen LogP contribution in [0.25, 0.3) is 0 Å². The average Bonchev–Trinajstić information content (AvgIpc) is 2.99. The SMILES string of the molecule is CN1[C@@H]2CCC3(OCCO3)[C@H]1C[C@H]2Cc1ccccc1. The molecule has 0 radical (unpaired) electrons. The molecule has 0 amide bonds. The van der Waals surface area contributed by atoms with Gasteiger partial charge in [0.25, 0.3) is 0 Å². The van der Waals surface area contributed by atoms with Gasteiger partial charge in [-0.05, 0) is 37.8 Å². The first kappa shape index (κ1) is 12.8. The molecule has 1 spiro atoms. The maximum atomic E-state index is 6.02. The molecule has 1 aromatic carbocycles. The fourth-order valence-electron chi connectivity index (χ4n) is 4.56. The number of benzene rings is 1. The fourth-order valence-corrected chi connectivity index (χ4v) is 4.56. The van der Waals surface area contributed by atoms with Crippen LogP contribution in [0, 0.1) is 5.92 Å². The third-order valence-corrected chi connectivity index (χ3v) is 5.50. The Balaban J connectivity index is 1.54. The highest BCUT2D eigenvalue weighted by atomic mass is 16.7. The normalized spacial score (nSPS) is 35.8. The van der Waals surface area contributed by atoms with Gasteiger partial charge in [0.05, 0.1) is 19.3 Å². The third kappa shape index (κ3) is 1.92. The maximum absolute atomic E-state index is 6.02. The summed E-state index contributed by atoms with van der Waals surface area (Å²) in [6, 6.07) is 12.0. The Morgan fingerprint density at radius 3 is 2.70 bits per heavy atom. The van der Waals surface area contributed by atoms with Gasteiger partial charge in [-0.15, -0.1) is 0 Å². The summed E-state index contributed by atoms with van der Waals surface area (Å²) in [7, 11) is 2.26. The van der Waals surface area contributed by atoms with Crippen LogP contribution in [0.15, 0.2) is 30.3 Å². The van der Waals surface area contributed by atoms with Crippen molar-refractivity contribution in [1.29, 1.82) is 0 Å². The summed E-state index contributed by atoms with van der Waals surface area (Å²) in [5.41, 5.74) is 1.46. The molecule has 3 aliphatic heterocycles. The van der Waals surface area contributed by atoms with Crippen LogP contribution in [0.1, 0.15) is 24.8 Å². The van der Waals surface area contributed by atoms with Gasteiger partial charge in [-0.1, -0.05) is 30.3 Å². The zero-order valence-corrected chi connectivity index (χ0v) is 12.1.